The third kappa shape index (κ3) is 3.13. The molecule has 0 radical (unpaired) electrons. The van der Waals surface area contributed by atoms with Crippen molar-refractivity contribution in [2.75, 3.05) is 21.3 Å². The number of nitrogens with one attached hydrogen (secondary N) is 1. The maximum atomic E-state index is 12.9. The van der Waals surface area contributed by atoms with Crippen LogP contribution in [-0.4, -0.2) is 37.1 Å². The number of aromatic amines is 1. The lowest BCUT2D eigenvalue weighted by atomic mass is 10.1. The van der Waals surface area contributed by atoms with Crippen LogP contribution in [0.4, 0.5) is 0 Å². The van der Waals surface area contributed by atoms with Crippen molar-refractivity contribution in [1.29, 1.82) is 0 Å². The average molecular weight is 352 g/mol. The highest BCUT2D eigenvalue weighted by molar-refractivity contribution is 6.08. The predicted molar refractivity (Wildman–Crippen MR) is 98.3 cm³/mol. The molecule has 6 heteroatoms. The number of aromatic nitrogens is 2. The fourth-order valence-corrected chi connectivity index (χ4v) is 2.78. The van der Waals surface area contributed by atoms with E-state index >= 15 is 0 Å². The van der Waals surface area contributed by atoms with Crippen LogP contribution in [0.15, 0.2) is 42.6 Å². The van der Waals surface area contributed by atoms with Gasteiger partial charge in [-0.25, -0.2) is 4.98 Å². The van der Waals surface area contributed by atoms with Gasteiger partial charge in [0.15, 0.2) is 11.5 Å². The first kappa shape index (κ1) is 17.5. The van der Waals surface area contributed by atoms with Crippen LogP contribution in [-0.2, 0) is 0 Å². The number of hydrogen-bond donors (Lipinski definition) is 1. The summed E-state index contributed by atoms with van der Waals surface area (Å²) in [6.07, 6.45) is 1.54. The van der Waals surface area contributed by atoms with Crippen molar-refractivity contribution < 1.29 is 19.0 Å². The van der Waals surface area contributed by atoms with Gasteiger partial charge in [-0.2, -0.15) is 0 Å². The van der Waals surface area contributed by atoms with E-state index in [9.17, 15) is 4.79 Å². The molecule has 0 unspecified atom stereocenters. The van der Waals surface area contributed by atoms with Gasteiger partial charge in [0.1, 0.15) is 11.5 Å². The quantitative estimate of drug-likeness (QED) is 0.686. The molecule has 1 N–H and O–H groups in total. The summed E-state index contributed by atoms with van der Waals surface area (Å²) in [4.78, 5) is 20.3. The van der Waals surface area contributed by atoms with E-state index in [4.69, 9.17) is 14.2 Å². The fraction of sp³-hybridized carbons (Fsp3) is 0.200. The number of methoxy groups -OCH3 is 3. The maximum absolute atomic E-state index is 12.9. The molecule has 0 atom stereocenters. The molecule has 0 aliphatic rings. The van der Waals surface area contributed by atoms with Crippen molar-refractivity contribution >= 4 is 5.78 Å². The molecule has 3 rings (SSSR count). The zero-order valence-electron chi connectivity index (χ0n) is 15.1. The van der Waals surface area contributed by atoms with E-state index in [-0.39, 0.29) is 5.78 Å². The minimum atomic E-state index is -0.211. The van der Waals surface area contributed by atoms with E-state index in [0.29, 0.717) is 34.3 Å². The molecular weight excluding hydrogens is 332 g/mol. The van der Waals surface area contributed by atoms with E-state index in [1.807, 2.05) is 31.2 Å². The first-order valence-corrected chi connectivity index (χ1v) is 8.04. The molecule has 0 aliphatic carbocycles. The highest BCUT2D eigenvalue weighted by Gasteiger charge is 2.19. The summed E-state index contributed by atoms with van der Waals surface area (Å²) in [6, 6.07) is 11.1. The SMILES string of the molecule is COc1cc(C(=O)c2cnc(-c3ccccc3C)[nH]2)cc(OC)c1OC. The molecule has 1 aromatic heterocycles. The zero-order valence-corrected chi connectivity index (χ0v) is 15.1. The molecule has 0 fully saturated rings. The van der Waals surface area contributed by atoms with Gasteiger partial charge in [-0.15, -0.1) is 0 Å². The summed E-state index contributed by atoms with van der Waals surface area (Å²) in [5.41, 5.74) is 2.84. The molecule has 0 saturated carbocycles. The predicted octanol–water partition coefficient (Wildman–Crippen LogP) is 3.64. The third-order valence-electron chi connectivity index (χ3n) is 4.15. The molecule has 1 heterocycles. The first-order valence-electron chi connectivity index (χ1n) is 8.04. The number of ketones is 1. The van der Waals surface area contributed by atoms with Crippen LogP contribution in [0.5, 0.6) is 17.2 Å². The van der Waals surface area contributed by atoms with E-state index in [2.05, 4.69) is 9.97 Å². The van der Waals surface area contributed by atoms with E-state index in [0.717, 1.165) is 11.1 Å². The maximum Gasteiger partial charge on any atom is 0.211 e. The number of H-pyrrole nitrogens is 1. The van der Waals surface area contributed by atoms with Gasteiger partial charge in [-0.05, 0) is 24.6 Å². The fourth-order valence-electron chi connectivity index (χ4n) is 2.78. The van der Waals surface area contributed by atoms with Crippen LogP contribution < -0.4 is 14.2 Å². The van der Waals surface area contributed by atoms with Gasteiger partial charge in [0.05, 0.1) is 27.5 Å². The first-order chi connectivity index (χ1) is 12.6. The van der Waals surface area contributed by atoms with Crippen molar-refractivity contribution in [2.24, 2.45) is 0 Å². The van der Waals surface area contributed by atoms with Gasteiger partial charge in [0, 0.05) is 11.1 Å². The molecule has 26 heavy (non-hydrogen) atoms. The van der Waals surface area contributed by atoms with Gasteiger partial charge in [0.25, 0.3) is 0 Å². The van der Waals surface area contributed by atoms with Crippen LogP contribution in [0.25, 0.3) is 11.4 Å². The highest BCUT2D eigenvalue weighted by atomic mass is 16.5. The standard InChI is InChI=1S/C20H20N2O4/c1-12-7-5-6-8-14(12)20-21-11-15(22-20)18(23)13-9-16(24-2)19(26-4)17(10-13)25-3/h5-11H,1-4H3,(H,21,22). The number of imidazole rings is 1. The number of hydrogen-bond acceptors (Lipinski definition) is 5. The number of benzene rings is 2. The summed E-state index contributed by atoms with van der Waals surface area (Å²) < 4.78 is 15.9. The van der Waals surface area contributed by atoms with Crippen molar-refractivity contribution in [1.82, 2.24) is 9.97 Å². The second-order valence-corrected chi connectivity index (χ2v) is 5.70. The Morgan fingerprint density at radius 1 is 1.00 bits per heavy atom. The Morgan fingerprint density at radius 3 is 2.23 bits per heavy atom. The Kier molecular flexibility index (Phi) is 4.93. The van der Waals surface area contributed by atoms with Gasteiger partial charge in [-0.3, -0.25) is 4.79 Å². The summed E-state index contributed by atoms with van der Waals surface area (Å²) in [7, 11) is 4.54. The Labute approximate surface area is 151 Å². The smallest absolute Gasteiger partial charge is 0.211 e. The number of rotatable bonds is 6. The lowest BCUT2D eigenvalue weighted by molar-refractivity contribution is 0.103. The lowest BCUT2D eigenvalue weighted by Crippen LogP contribution is -2.04. The topological polar surface area (TPSA) is 73.4 Å². The summed E-state index contributed by atoms with van der Waals surface area (Å²) in [5.74, 6) is 1.73. The Bertz CT molecular complexity index is 921. The zero-order chi connectivity index (χ0) is 18.7. The van der Waals surface area contributed by atoms with Crippen LogP contribution in [0.3, 0.4) is 0 Å². The van der Waals surface area contributed by atoms with Gasteiger partial charge >= 0.3 is 0 Å². The minimum Gasteiger partial charge on any atom is -0.493 e. The van der Waals surface area contributed by atoms with Gasteiger partial charge in [-0.1, -0.05) is 24.3 Å². The lowest BCUT2D eigenvalue weighted by Gasteiger charge is -2.13. The molecule has 0 amide bonds. The average Bonchev–Trinajstić information content (AvgIpc) is 3.16. The Hall–Kier alpha value is -3.28. The van der Waals surface area contributed by atoms with Crippen molar-refractivity contribution in [3.05, 3.63) is 59.4 Å². The molecule has 0 saturated heterocycles. The number of nitrogens with zero attached hydrogens (tertiary/aromatic N) is 1. The molecule has 3 aromatic rings. The van der Waals surface area contributed by atoms with Gasteiger partial charge in [0.2, 0.25) is 11.5 Å². The van der Waals surface area contributed by atoms with Crippen molar-refractivity contribution in [2.45, 2.75) is 6.92 Å². The van der Waals surface area contributed by atoms with Gasteiger partial charge < -0.3 is 19.2 Å². The van der Waals surface area contributed by atoms with Crippen LogP contribution in [0, 0.1) is 6.92 Å². The van der Waals surface area contributed by atoms with Crippen molar-refractivity contribution in [3.63, 3.8) is 0 Å². The van der Waals surface area contributed by atoms with E-state index in [1.165, 1.54) is 27.5 Å². The number of carbonyl (C=O) groups is 1. The highest BCUT2D eigenvalue weighted by Crippen LogP contribution is 2.38. The number of aryl methyl sites for hydroxylation is 1. The Balaban J connectivity index is 1.99. The van der Waals surface area contributed by atoms with Crippen molar-refractivity contribution in [3.8, 4) is 28.6 Å². The molecule has 134 valence electrons. The van der Waals surface area contributed by atoms with E-state index in [1.54, 1.807) is 12.1 Å². The number of ether oxygens (including phenoxy) is 3. The second kappa shape index (κ2) is 7.31. The number of carbonyl (C=O) groups excluding carboxylic acids is 1. The van der Waals surface area contributed by atoms with Crippen LogP contribution >= 0.6 is 0 Å². The monoisotopic (exact) mass is 352 g/mol. The second-order valence-electron chi connectivity index (χ2n) is 5.70. The molecule has 0 aliphatic heterocycles. The normalized spacial score (nSPS) is 10.5. The van der Waals surface area contributed by atoms with Crippen LogP contribution in [0.1, 0.15) is 21.6 Å². The van der Waals surface area contributed by atoms with Crippen LogP contribution in [0.2, 0.25) is 0 Å². The molecule has 0 spiro atoms. The summed E-state index contributed by atoms with van der Waals surface area (Å²) in [6.45, 7) is 2.00. The minimum absolute atomic E-state index is 0.211. The molecule has 2 aromatic carbocycles. The largest absolute Gasteiger partial charge is 0.493 e. The molecule has 0 bridgehead atoms. The molecule has 6 nitrogen and oxygen atoms in total. The molecular formula is C20H20N2O4. The summed E-state index contributed by atoms with van der Waals surface area (Å²) in [5, 5.41) is 0. The van der Waals surface area contributed by atoms with E-state index < -0.39 is 0 Å². The third-order valence-corrected chi connectivity index (χ3v) is 4.15. The summed E-state index contributed by atoms with van der Waals surface area (Å²) >= 11 is 0. The Morgan fingerprint density at radius 2 is 1.65 bits per heavy atom.